The molecule has 2 aliphatic heterocycles. The van der Waals surface area contributed by atoms with Crippen molar-refractivity contribution in [3.05, 3.63) is 95.6 Å². The van der Waals surface area contributed by atoms with E-state index < -0.39 is 0 Å². The van der Waals surface area contributed by atoms with Gasteiger partial charge in [0.25, 0.3) is 0 Å². The van der Waals surface area contributed by atoms with Gasteiger partial charge >= 0.3 is 0 Å². The van der Waals surface area contributed by atoms with Gasteiger partial charge in [-0.05, 0) is 45.8 Å². The zero-order chi connectivity index (χ0) is 23.6. The van der Waals surface area contributed by atoms with Crippen LogP contribution in [0.25, 0.3) is 0 Å². The highest BCUT2D eigenvalue weighted by Crippen LogP contribution is 2.34. The van der Waals surface area contributed by atoms with Crippen molar-refractivity contribution in [1.82, 2.24) is 25.1 Å². The molecule has 4 aromatic rings. The Morgan fingerprint density at radius 2 is 1.63 bits per heavy atom. The fourth-order valence-corrected chi connectivity index (χ4v) is 4.82. The summed E-state index contributed by atoms with van der Waals surface area (Å²) in [6.07, 6.45) is 0. The summed E-state index contributed by atoms with van der Waals surface area (Å²) < 4.78 is 27.2. The van der Waals surface area contributed by atoms with Crippen LogP contribution in [-0.2, 0) is 6.54 Å². The van der Waals surface area contributed by atoms with E-state index in [9.17, 15) is 4.39 Å². The van der Waals surface area contributed by atoms with Gasteiger partial charge in [0.1, 0.15) is 5.82 Å². The largest absolute Gasteiger partial charge is 0.454 e. The third kappa shape index (κ3) is 4.30. The molecule has 1 aromatic heterocycles. The lowest BCUT2D eigenvalue weighted by Crippen LogP contribution is -2.48. The van der Waals surface area contributed by atoms with E-state index in [0.29, 0.717) is 25.3 Å². The van der Waals surface area contributed by atoms with E-state index in [4.69, 9.17) is 9.47 Å². The first-order chi connectivity index (χ1) is 17.3. The third-order valence-corrected chi connectivity index (χ3v) is 6.56. The molecule has 0 amide bonds. The summed E-state index contributed by atoms with van der Waals surface area (Å²) >= 11 is 0. The molecule has 0 N–H and O–H groups in total. The van der Waals surface area contributed by atoms with Gasteiger partial charge in [0, 0.05) is 26.2 Å². The van der Waals surface area contributed by atoms with Gasteiger partial charge in [-0.3, -0.25) is 4.90 Å². The molecule has 0 radical (unpaired) electrons. The molecule has 2 aliphatic rings. The number of ether oxygens (including phenoxy) is 2. The topological polar surface area (TPSA) is 68.5 Å². The average Bonchev–Trinajstić information content (AvgIpc) is 3.55. The van der Waals surface area contributed by atoms with Crippen molar-refractivity contribution < 1.29 is 13.9 Å². The number of hydrogen-bond donors (Lipinski definition) is 0. The fraction of sp³-hybridized carbons (Fsp3) is 0.269. The van der Waals surface area contributed by atoms with Crippen molar-refractivity contribution in [3.8, 4) is 11.5 Å². The minimum Gasteiger partial charge on any atom is -0.454 e. The Morgan fingerprint density at radius 3 is 2.46 bits per heavy atom. The van der Waals surface area contributed by atoms with E-state index in [1.807, 2.05) is 53.2 Å². The zero-order valence-corrected chi connectivity index (χ0v) is 19.1. The number of rotatable bonds is 6. The van der Waals surface area contributed by atoms with Crippen LogP contribution in [-0.4, -0.2) is 58.1 Å². The van der Waals surface area contributed by atoms with Gasteiger partial charge in [-0.15, -0.1) is 5.10 Å². The molecule has 0 spiro atoms. The van der Waals surface area contributed by atoms with Gasteiger partial charge in [-0.2, -0.15) is 0 Å². The highest BCUT2D eigenvalue weighted by atomic mass is 19.1. The SMILES string of the molecule is Fc1ccccc1N1CCN([C@H](c2ccccc2)c2nnnn2Cc2ccc3c(c2)OCO3)CC1. The molecule has 3 aromatic carbocycles. The standard InChI is InChI=1S/C26H25FN6O2/c27-21-8-4-5-9-22(21)31-12-14-32(15-13-31)25(20-6-2-1-3-7-20)26-28-29-30-33(26)17-19-10-11-23-24(16-19)35-18-34-23/h1-11,16,25H,12-15,17-18H2/t25-/m1/s1. The lowest BCUT2D eigenvalue weighted by atomic mass is 10.0. The highest BCUT2D eigenvalue weighted by molar-refractivity contribution is 5.48. The van der Waals surface area contributed by atoms with Crippen LogP contribution >= 0.6 is 0 Å². The normalized spacial score (nSPS) is 16.4. The number of piperazine rings is 1. The third-order valence-electron chi connectivity index (χ3n) is 6.56. The Morgan fingerprint density at radius 1 is 0.857 bits per heavy atom. The molecule has 0 unspecified atom stereocenters. The van der Waals surface area contributed by atoms with Gasteiger partial charge in [0.2, 0.25) is 6.79 Å². The van der Waals surface area contributed by atoms with Gasteiger partial charge < -0.3 is 14.4 Å². The first-order valence-corrected chi connectivity index (χ1v) is 11.7. The quantitative estimate of drug-likeness (QED) is 0.426. The number of aromatic nitrogens is 4. The highest BCUT2D eigenvalue weighted by Gasteiger charge is 2.31. The molecule has 1 fully saturated rings. The van der Waals surface area contributed by atoms with E-state index in [0.717, 1.165) is 41.5 Å². The van der Waals surface area contributed by atoms with Crippen molar-refractivity contribution in [2.24, 2.45) is 0 Å². The van der Waals surface area contributed by atoms with Gasteiger partial charge in [-0.25, -0.2) is 9.07 Å². The number of fused-ring (bicyclic) bond motifs is 1. The smallest absolute Gasteiger partial charge is 0.231 e. The summed E-state index contributed by atoms with van der Waals surface area (Å²) in [6.45, 7) is 3.69. The van der Waals surface area contributed by atoms with Crippen molar-refractivity contribution in [2.45, 2.75) is 12.6 Å². The number of benzene rings is 3. The first kappa shape index (κ1) is 21.5. The minimum absolute atomic E-state index is 0.122. The second-order valence-electron chi connectivity index (χ2n) is 8.67. The van der Waals surface area contributed by atoms with Gasteiger partial charge in [0.05, 0.1) is 18.3 Å². The molecular formula is C26H25FN6O2. The Balaban J connectivity index is 1.27. The Labute approximate surface area is 202 Å². The maximum atomic E-state index is 14.4. The molecule has 178 valence electrons. The second kappa shape index (κ2) is 9.34. The lowest BCUT2D eigenvalue weighted by Gasteiger charge is -2.40. The molecule has 9 heteroatoms. The summed E-state index contributed by atoms with van der Waals surface area (Å²) in [5, 5.41) is 12.8. The summed E-state index contributed by atoms with van der Waals surface area (Å²) in [5.41, 5.74) is 2.80. The van der Waals surface area contributed by atoms with Crippen molar-refractivity contribution in [3.63, 3.8) is 0 Å². The van der Waals surface area contributed by atoms with Crippen LogP contribution in [0, 0.1) is 5.82 Å². The number of para-hydroxylation sites is 1. The van der Waals surface area contributed by atoms with Crippen LogP contribution in [0.2, 0.25) is 0 Å². The average molecular weight is 473 g/mol. The predicted octanol–water partition coefficient (Wildman–Crippen LogP) is 3.50. The van der Waals surface area contributed by atoms with Crippen LogP contribution in [0.5, 0.6) is 11.5 Å². The predicted molar refractivity (Wildman–Crippen MR) is 128 cm³/mol. The molecule has 8 nitrogen and oxygen atoms in total. The van der Waals surface area contributed by atoms with Crippen molar-refractivity contribution in [2.75, 3.05) is 37.9 Å². The molecule has 1 atom stereocenters. The number of tetrazole rings is 1. The van der Waals surface area contributed by atoms with Crippen LogP contribution in [0.4, 0.5) is 10.1 Å². The maximum Gasteiger partial charge on any atom is 0.231 e. The van der Waals surface area contributed by atoms with Crippen LogP contribution in [0.15, 0.2) is 72.8 Å². The van der Waals surface area contributed by atoms with E-state index in [1.165, 1.54) is 6.07 Å². The molecule has 0 bridgehead atoms. The molecule has 0 saturated carbocycles. The van der Waals surface area contributed by atoms with E-state index in [1.54, 1.807) is 6.07 Å². The number of nitrogens with zero attached hydrogens (tertiary/aromatic N) is 6. The maximum absolute atomic E-state index is 14.4. The second-order valence-corrected chi connectivity index (χ2v) is 8.67. The lowest BCUT2D eigenvalue weighted by molar-refractivity contribution is 0.174. The fourth-order valence-electron chi connectivity index (χ4n) is 4.82. The number of hydrogen-bond acceptors (Lipinski definition) is 7. The Kier molecular flexibility index (Phi) is 5.75. The van der Waals surface area contributed by atoms with Crippen LogP contribution < -0.4 is 14.4 Å². The minimum atomic E-state index is -0.187. The molecule has 0 aliphatic carbocycles. The van der Waals surface area contributed by atoms with Gasteiger partial charge in [0.15, 0.2) is 17.3 Å². The molecule has 3 heterocycles. The number of halogens is 1. The molecular weight excluding hydrogens is 447 g/mol. The van der Waals surface area contributed by atoms with E-state index in [-0.39, 0.29) is 18.7 Å². The summed E-state index contributed by atoms with van der Waals surface area (Å²) in [5.74, 6) is 2.07. The summed E-state index contributed by atoms with van der Waals surface area (Å²) in [4.78, 5) is 4.47. The van der Waals surface area contributed by atoms with Crippen LogP contribution in [0.1, 0.15) is 23.0 Å². The molecule has 35 heavy (non-hydrogen) atoms. The molecule has 6 rings (SSSR count). The Hall–Kier alpha value is -3.98. The number of anilines is 1. The van der Waals surface area contributed by atoms with Crippen molar-refractivity contribution >= 4 is 5.69 Å². The Bertz CT molecular complexity index is 1310. The van der Waals surface area contributed by atoms with Crippen LogP contribution in [0.3, 0.4) is 0 Å². The van der Waals surface area contributed by atoms with E-state index in [2.05, 4.69) is 37.5 Å². The van der Waals surface area contributed by atoms with E-state index >= 15 is 0 Å². The molecule has 1 saturated heterocycles. The zero-order valence-electron chi connectivity index (χ0n) is 19.1. The van der Waals surface area contributed by atoms with Crippen molar-refractivity contribution in [1.29, 1.82) is 0 Å². The first-order valence-electron chi connectivity index (χ1n) is 11.7. The monoisotopic (exact) mass is 472 g/mol. The summed E-state index contributed by atoms with van der Waals surface area (Å²) in [7, 11) is 0. The summed E-state index contributed by atoms with van der Waals surface area (Å²) in [6, 6.07) is 23.0. The van der Waals surface area contributed by atoms with Gasteiger partial charge in [-0.1, -0.05) is 48.5 Å².